The van der Waals surface area contributed by atoms with Crippen molar-refractivity contribution >= 4 is 23.0 Å². The normalized spacial score (nSPS) is 20.8. The topological polar surface area (TPSA) is 103 Å². The maximum absolute atomic E-state index is 12.7. The summed E-state index contributed by atoms with van der Waals surface area (Å²) in [5.41, 5.74) is 0.479. The number of hydrogen-bond acceptors (Lipinski definition) is 6. The molecule has 0 aliphatic carbocycles. The maximum atomic E-state index is 12.7. The molecule has 8 nitrogen and oxygen atoms in total. The highest BCUT2D eigenvalue weighted by Gasteiger charge is 2.28. The molecule has 0 saturated carbocycles. The predicted molar refractivity (Wildman–Crippen MR) is 94.1 cm³/mol. The summed E-state index contributed by atoms with van der Waals surface area (Å²) in [6.07, 6.45) is 2.15. The lowest BCUT2D eigenvalue weighted by Crippen LogP contribution is -2.48. The Morgan fingerprint density at radius 3 is 2.88 bits per heavy atom. The molecule has 8 heteroatoms. The van der Waals surface area contributed by atoms with Gasteiger partial charge in [0.05, 0.1) is 29.8 Å². The van der Waals surface area contributed by atoms with Gasteiger partial charge in [0.15, 0.2) is 0 Å². The van der Waals surface area contributed by atoms with Crippen LogP contribution in [0, 0.1) is 0 Å². The first-order valence-corrected chi connectivity index (χ1v) is 8.52. The molecule has 3 rings (SSSR count). The zero-order chi connectivity index (χ0) is 18.9. The number of hydrogen-bond donors (Lipinski definition) is 2. The van der Waals surface area contributed by atoms with Crippen LogP contribution in [-0.4, -0.2) is 57.6 Å². The van der Waals surface area contributed by atoms with E-state index in [0.717, 1.165) is 0 Å². The van der Waals surface area contributed by atoms with Crippen LogP contribution in [-0.2, 0) is 9.47 Å². The molecule has 1 fully saturated rings. The number of nitrogens with zero attached hydrogens (tertiary/aromatic N) is 2. The molecule has 0 aromatic carbocycles. The van der Waals surface area contributed by atoms with E-state index in [1.54, 1.807) is 39.1 Å². The first kappa shape index (κ1) is 18.3. The Kier molecular flexibility index (Phi) is 4.97. The Bertz CT molecular complexity index is 824. The van der Waals surface area contributed by atoms with Crippen molar-refractivity contribution in [2.45, 2.75) is 44.9 Å². The molecule has 140 valence electrons. The van der Waals surface area contributed by atoms with Crippen LogP contribution in [0.4, 0.5) is 4.79 Å². The number of rotatable bonds is 2. The number of fused-ring (bicyclic) bond motifs is 1. The van der Waals surface area contributed by atoms with Gasteiger partial charge in [-0.1, -0.05) is 0 Å². The molecule has 0 unspecified atom stereocenters. The minimum Gasteiger partial charge on any atom is -0.443 e. The van der Waals surface area contributed by atoms with E-state index >= 15 is 0 Å². The van der Waals surface area contributed by atoms with Gasteiger partial charge < -0.3 is 19.9 Å². The Balaban J connectivity index is 1.91. The Morgan fingerprint density at radius 2 is 2.19 bits per heavy atom. The Hall–Kier alpha value is -2.45. The zero-order valence-electron chi connectivity index (χ0n) is 15.1. The number of carbonyl (C=O) groups excluding carboxylic acids is 2. The zero-order valence-corrected chi connectivity index (χ0v) is 15.1. The number of aliphatic hydroxyl groups is 1. The summed E-state index contributed by atoms with van der Waals surface area (Å²) in [7, 11) is 0. The van der Waals surface area contributed by atoms with E-state index in [0.29, 0.717) is 24.1 Å². The second-order valence-corrected chi connectivity index (χ2v) is 7.28. The number of aliphatic hydroxyl groups excluding tert-OH is 1. The van der Waals surface area contributed by atoms with Crippen LogP contribution in [0.2, 0.25) is 0 Å². The van der Waals surface area contributed by atoms with Crippen LogP contribution in [0.15, 0.2) is 24.5 Å². The minimum atomic E-state index is -0.764. The molecule has 2 aromatic heterocycles. The molecule has 1 aliphatic rings. The van der Waals surface area contributed by atoms with Gasteiger partial charge in [0, 0.05) is 19.0 Å². The van der Waals surface area contributed by atoms with Crippen LogP contribution >= 0.6 is 0 Å². The monoisotopic (exact) mass is 361 g/mol. The Morgan fingerprint density at radius 1 is 1.42 bits per heavy atom. The highest BCUT2D eigenvalue weighted by atomic mass is 16.6. The summed E-state index contributed by atoms with van der Waals surface area (Å²) in [5.74, 6) is -0.401. The molecule has 1 saturated heterocycles. The van der Waals surface area contributed by atoms with Gasteiger partial charge in [-0.15, -0.1) is 0 Å². The van der Waals surface area contributed by atoms with Crippen molar-refractivity contribution in [3.8, 4) is 0 Å². The second-order valence-electron chi connectivity index (χ2n) is 7.28. The molecule has 1 amide bonds. The van der Waals surface area contributed by atoms with E-state index in [4.69, 9.17) is 9.47 Å². The first-order valence-electron chi connectivity index (χ1n) is 8.52. The summed E-state index contributed by atoms with van der Waals surface area (Å²) in [6, 6.07) is 2.99. The van der Waals surface area contributed by atoms with E-state index in [2.05, 4.69) is 10.3 Å². The summed E-state index contributed by atoms with van der Waals surface area (Å²) in [6.45, 7) is 5.97. The van der Waals surface area contributed by atoms with Crippen LogP contribution in [0.3, 0.4) is 0 Å². The van der Waals surface area contributed by atoms with Gasteiger partial charge in [-0.05, 0) is 39.3 Å². The van der Waals surface area contributed by atoms with Crippen LogP contribution < -0.4 is 5.32 Å². The van der Waals surface area contributed by atoms with Crippen LogP contribution in [0.1, 0.15) is 37.6 Å². The molecule has 3 heterocycles. The van der Waals surface area contributed by atoms with E-state index in [9.17, 15) is 14.7 Å². The average molecular weight is 361 g/mol. The fourth-order valence-corrected chi connectivity index (χ4v) is 2.82. The third-order valence-corrected chi connectivity index (χ3v) is 4.04. The molecule has 0 spiro atoms. The largest absolute Gasteiger partial charge is 0.443 e. The first-order chi connectivity index (χ1) is 12.3. The van der Waals surface area contributed by atoms with Crippen LogP contribution in [0.25, 0.3) is 11.0 Å². The van der Waals surface area contributed by atoms with Crippen molar-refractivity contribution < 1.29 is 24.2 Å². The lowest BCUT2D eigenvalue weighted by molar-refractivity contribution is -0.0260. The highest BCUT2D eigenvalue weighted by Crippen LogP contribution is 2.21. The molecule has 2 N–H and O–H groups in total. The van der Waals surface area contributed by atoms with Gasteiger partial charge in [-0.25, -0.2) is 4.79 Å². The smallest absolute Gasteiger partial charge is 0.419 e. The quantitative estimate of drug-likeness (QED) is 0.844. The number of ether oxygens (including phenoxy) is 2. The van der Waals surface area contributed by atoms with Crippen LogP contribution in [0.5, 0.6) is 0 Å². The predicted octanol–water partition coefficient (Wildman–Crippen LogP) is 1.70. The molecule has 0 radical (unpaired) electrons. The lowest BCUT2D eigenvalue weighted by atomic mass is 10.1. The fourth-order valence-electron chi connectivity index (χ4n) is 2.82. The summed E-state index contributed by atoms with van der Waals surface area (Å²) < 4.78 is 11.9. The average Bonchev–Trinajstić information content (AvgIpc) is 2.95. The summed E-state index contributed by atoms with van der Waals surface area (Å²) in [4.78, 5) is 29.4. The van der Waals surface area contributed by atoms with Gasteiger partial charge in [0.25, 0.3) is 5.91 Å². The highest BCUT2D eigenvalue weighted by molar-refractivity contribution is 6.07. The minimum absolute atomic E-state index is 0.183. The molecule has 26 heavy (non-hydrogen) atoms. The number of pyridine rings is 1. The standard InChI is InChI=1S/C18H23N3O5/c1-18(2,3)26-17(24)21-9-11(15-13(21)5-4-7-19-15)16(23)20-12-6-8-25-10-14(12)22/h4-5,7,9,12,14,22H,6,8,10H2,1-3H3,(H,20,23)/t12-,14-/m1/s1. The number of aromatic nitrogens is 2. The maximum Gasteiger partial charge on any atom is 0.419 e. The molecular weight excluding hydrogens is 338 g/mol. The summed E-state index contributed by atoms with van der Waals surface area (Å²) in [5, 5.41) is 12.8. The van der Waals surface area contributed by atoms with Crippen molar-refractivity contribution in [1.29, 1.82) is 0 Å². The molecule has 2 aromatic rings. The van der Waals surface area contributed by atoms with E-state index < -0.39 is 29.7 Å². The molecule has 2 atom stereocenters. The van der Waals surface area contributed by atoms with Gasteiger partial charge in [0.2, 0.25) is 0 Å². The third-order valence-electron chi connectivity index (χ3n) is 4.04. The van der Waals surface area contributed by atoms with E-state index in [-0.39, 0.29) is 12.2 Å². The lowest BCUT2D eigenvalue weighted by Gasteiger charge is -2.28. The number of nitrogens with one attached hydrogen (secondary N) is 1. The molecular formula is C18H23N3O5. The summed E-state index contributed by atoms with van der Waals surface area (Å²) >= 11 is 0. The fraction of sp³-hybridized carbons (Fsp3) is 0.500. The van der Waals surface area contributed by atoms with Crippen molar-refractivity contribution in [2.75, 3.05) is 13.2 Å². The van der Waals surface area contributed by atoms with E-state index in [1.165, 1.54) is 10.8 Å². The van der Waals surface area contributed by atoms with Crippen molar-refractivity contribution in [3.63, 3.8) is 0 Å². The molecule has 1 aliphatic heterocycles. The van der Waals surface area contributed by atoms with Gasteiger partial charge in [-0.2, -0.15) is 0 Å². The van der Waals surface area contributed by atoms with Gasteiger partial charge >= 0.3 is 6.09 Å². The SMILES string of the molecule is CC(C)(C)OC(=O)n1cc(C(=O)N[C@@H]2CCOC[C@H]2O)c2ncccc21. The Labute approximate surface area is 151 Å². The van der Waals surface area contributed by atoms with E-state index in [1.807, 2.05) is 0 Å². The van der Waals surface area contributed by atoms with Crippen molar-refractivity contribution in [1.82, 2.24) is 14.9 Å². The van der Waals surface area contributed by atoms with Crippen molar-refractivity contribution in [2.24, 2.45) is 0 Å². The van der Waals surface area contributed by atoms with Crippen molar-refractivity contribution in [3.05, 3.63) is 30.1 Å². The molecule has 0 bridgehead atoms. The van der Waals surface area contributed by atoms with Gasteiger partial charge in [0.1, 0.15) is 11.1 Å². The van der Waals surface area contributed by atoms with Gasteiger partial charge in [-0.3, -0.25) is 14.3 Å². The second kappa shape index (κ2) is 7.05. The number of carbonyl (C=O) groups is 2. The number of amides is 1. The third kappa shape index (κ3) is 3.86.